The maximum absolute atomic E-state index is 13.1. The molecule has 4 rings (SSSR count). The summed E-state index contributed by atoms with van der Waals surface area (Å²) in [6.07, 6.45) is 0. The molecule has 0 aromatic heterocycles. The number of nitrogens with zero attached hydrogens (tertiary/aromatic N) is 1. The van der Waals surface area contributed by atoms with Gasteiger partial charge >= 0.3 is 6.03 Å². The number of urea groups is 1. The number of nitrogens with one attached hydrogen (secondary N) is 2. The van der Waals surface area contributed by atoms with Gasteiger partial charge in [-0.05, 0) is 35.4 Å². The Morgan fingerprint density at radius 3 is 2.18 bits per heavy atom. The minimum Gasteiger partial charge on any atom is -0.497 e. The fraction of sp³-hybridized carbons (Fsp3) is 0.238. The molecule has 2 heterocycles. The molecule has 2 aromatic rings. The summed E-state index contributed by atoms with van der Waals surface area (Å²) in [5, 5.41) is 5.65. The van der Waals surface area contributed by atoms with E-state index in [0.29, 0.717) is 24.4 Å². The Balaban J connectivity index is 1.57. The molecule has 2 aliphatic heterocycles. The Hall–Kier alpha value is -3.48. The number of benzene rings is 2. The highest BCUT2D eigenvalue weighted by Gasteiger charge is 2.40. The van der Waals surface area contributed by atoms with Crippen molar-refractivity contribution in [2.45, 2.75) is 12.6 Å². The van der Waals surface area contributed by atoms with Crippen LogP contribution in [0.25, 0.3) is 0 Å². The van der Waals surface area contributed by atoms with Gasteiger partial charge in [0.15, 0.2) is 0 Å². The maximum atomic E-state index is 13.1. The third-order valence-corrected chi connectivity index (χ3v) is 5.00. The molecule has 0 fully saturated rings. The second-order valence-corrected chi connectivity index (χ2v) is 6.71. The molecule has 2 aromatic carbocycles. The van der Waals surface area contributed by atoms with Crippen LogP contribution in [-0.4, -0.2) is 37.6 Å². The molecular formula is C21H21N3O4. The van der Waals surface area contributed by atoms with Gasteiger partial charge in [0.1, 0.15) is 11.5 Å². The number of rotatable bonds is 5. The Labute approximate surface area is 162 Å². The van der Waals surface area contributed by atoms with Crippen molar-refractivity contribution in [2.24, 2.45) is 0 Å². The van der Waals surface area contributed by atoms with E-state index in [-0.39, 0.29) is 11.9 Å². The van der Waals surface area contributed by atoms with E-state index in [4.69, 9.17) is 9.47 Å². The average Bonchev–Trinajstić information content (AvgIpc) is 3.03. The van der Waals surface area contributed by atoms with Crippen LogP contribution in [0.1, 0.15) is 17.2 Å². The van der Waals surface area contributed by atoms with E-state index >= 15 is 0 Å². The van der Waals surface area contributed by atoms with Crippen LogP contribution in [0.5, 0.6) is 11.5 Å². The van der Waals surface area contributed by atoms with Gasteiger partial charge in [-0.1, -0.05) is 24.3 Å². The van der Waals surface area contributed by atoms with E-state index in [0.717, 1.165) is 22.6 Å². The smallest absolute Gasteiger partial charge is 0.319 e. The molecule has 2 aliphatic rings. The molecule has 28 heavy (non-hydrogen) atoms. The predicted molar refractivity (Wildman–Crippen MR) is 103 cm³/mol. The zero-order chi connectivity index (χ0) is 19.7. The van der Waals surface area contributed by atoms with Crippen molar-refractivity contribution in [2.75, 3.05) is 20.8 Å². The molecule has 0 saturated carbocycles. The lowest BCUT2D eigenvalue weighted by molar-refractivity contribution is -0.126. The van der Waals surface area contributed by atoms with Crippen molar-refractivity contribution in [3.63, 3.8) is 0 Å². The molecular weight excluding hydrogens is 358 g/mol. The summed E-state index contributed by atoms with van der Waals surface area (Å²) in [5.41, 5.74) is 3.07. The number of ether oxygens (including phenoxy) is 2. The first-order valence-corrected chi connectivity index (χ1v) is 8.95. The molecule has 0 radical (unpaired) electrons. The van der Waals surface area contributed by atoms with E-state index in [9.17, 15) is 9.59 Å². The van der Waals surface area contributed by atoms with Gasteiger partial charge in [0.2, 0.25) is 0 Å². The molecule has 1 atom stereocenters. The first-order valence-electron chi connectivity index (χ1n) is 8.95. The van der Waals surface area contributed by atoms with Crippen LogP contribution in [0.4, 0.5) is 4.79 Å². The van der Waals surface area contributed by atoms with E-state index in [1.165, 1.54) is 0 Å². The highest BCUT2D eigenvalue weighted by atomic mass is 16.5. The van der Waals surface area contributed by atoms with Gasteiger partial charge in [-0.3, -0.25) is 4.79 Å². The molecule has 0 spiro atoms. The van der Waals surface area contributed by atoms with Gasteiger partial charge in [-0.15, -0.1) is 0 Å². The molecule has 0 saturated heterocycles. The van der Waals surface area contributed by atoms with Gasteiger partial charge in [0.25, 0.3) is 5.91 Å². The predicted octanol–water partition coefficient (Wildman–Crippen LogP) is 2.35. The van der Waals surface area contributed by atoms with Crippen LogP contribution >= 0.6 is 0 Å². The van der Waals surface area contributed by atoms with Gasteiger partial charge in [0.05, 0.1) is 38.1 Å². The van der Waals surface area contributed by atoms with Gasteiger partial charge in [0, 0.05) is 6.54 Å². The zero-order valence-electron chi connectivity index (χ0n) is 15.7. The van der Waals surface area contributed by atoms with Crippen molar-refractivity contribution in [3.05, 3.63) is 70.9 Å². The molecule has 7 nitrogen and oxygen atoms in total. The van der Waals surface area contributed by atoms with Crippen LogP contribution in [0, 0.1) is 0 Å². The second-order valence-electron chi connectivity index (χ2n) is 6.71. The normalized spacial score (nSPS) is 18.5. The van der Waals surface area contributed by atoms with Gasteiger partial charge < -0.3 is 25.0 Å². The SMILES string of the molecule is COc1ccc(CN2CC3=C(C2=O)[C@@H](c2ccc(OC)cc2)NC(=O)N3)cc1. The number of carbonyl (C=O) groups excluding carboxylic acids is 2. The molecule has 3 amide bonds. The van der Waals surface area contributed by atoms with E-state index in [1.54, 1.807) is 19.1 Å². The summed E-state index contributed by atoms with van der Waals surface area (Å²) in [6, 6.07) is 14.2. The Morgan fingerprint density at radius 1 is 0.964 bits per heavy atom. The van der Waals surface area contributed by atoms with Gasteiger partial charge in [-0.25, -0.2) is 4.79 Å². The van der Waals surface area contributed by atoms with Crippen LogP contribution in [-0.2, 0) is 11.3 Å². The summed E-state index contributed by atoms with van der Waals surface area (Å²) < 4.78 is 10.4. The van der Waals surface area contributed by atoms with Gasteiger partial charge in [-0.2, -0.15) is 0 Å². The quantitative estimate of drug-likeness (QED) is 0.836. The summed E-state index contributed by atoms with van der Waals surface area (Å²) in [6.45, 7) is 0.835. The lowest BCUT2D eigenvalue weighted by Crippen LogP contribution is -2.44. The summed E-state index contributed by atoms with van der Waals surface area (Å²) in [5.74, 6) is 1.40. The second kappa shape index (κ2) is 7.26. The zero-order valence-corrected chi connectivity index (χ0v) is 15.7. The Bertz CT molecular complexity index is 935. The average molecular weight is 379 g/mol. The first kappa shape index (κ1) is 17.9. The summed E-state index contributed by atoms with van der Waals surface area (Å²) in [7, 11) is 3.21. The van der Waals surface area contributed by atoms with Crippen molar-refractivity contribution < 1.29 is 19.1 Å². The number of hydrogen-bond donors (Lipinski definition) is 2. The number of carbonyl (C=O) groups is 2. The lowest BCUT2D eigenvalue weighted by Gasteiger charge is -2.25. The highest BCUT2D eigenvalue weighted by Crippen LogP contribution is 2.33. The number of methoxy groups -OCH3 is 2. The van der Waals surface area contributed by atoms with Crippen molar-refractivity contribution in [1.29, 1.82) is 0 Å². The molecule has 144 valence electrons. The van der Waals surface area contributed by atoms with Crippen LogP contribution in [0.2, 0.25) is 0 Å². The minimum atomic E-state index is -0.483. The van der Waals surface area contributed by atoms with Crippen molar-refractivity contribution >= 4 is 11.9 Å². The van der Waals surface area contributed by atoms with E-state index in [1.807, 2.05) is 48.5 Å². The molecule has 2 N–H and O–H groups in total. The third kappa shape index (κ3) is 3.26. The fourth-order valence-corrected chi connectivity index (χ4v) is 3.55. The molecule has 0 aliphatic carbocycles. The fourth-order valence-electron chi connectivity index (χ4n) is 3.55. The summed E-state index contributed by atoms with van der Waals surface area (Å²) in [4.78, 5) is 27.0. The number of hydrogen-bond acceptors (Lipinski definition) is 4. The Morgan fingerprint density at radius 2 is 1.57 bits per heavy atom. The van der Waals surface area contributed by atoms with Crippen LogP contribution < -0.4 is 20.1 Å². The topological polar surface area (TPSA) is 79.9 Å². The highest BCUT2D eigenvalue weighted by molar-refractivity contribution is 6.01. The van der Waals surface area contributed by atoms with E-state index < -0.39 is 6.04 Å². The first-order chi connectivity index (χ1) is 13.6. The van der Waals surface area contributed by atoms with Crippen LogP contribution in [0.3, 0.4) is 0 Å². The Kier molecular flexibility index (Phi) is 4.65. The minimum absolute atomic E-state index is 0.0841. The van der Waals surface area contributed by atoms with Crippen molar-refractivity contribution in [1.82, 2.24) is 15.5 Å². The lowest BCUT2D eigenvalue weighted by atomic mass is 9.96. The summed E-state index contributed by atoms with van der Waals surface area (Å²) >= 11 is 0. The maximum Gasteiger partial charge on any atom is 0.319 e. The third-order valence-electron chi connectivity index (χ3n) is 5.00. The molecule has 0 bridgehead atoms. The largest absolute Gasteiger partial charge is 0.497 e. The van der Waals surface area contributed by atoms with E-state index in [2.05, 4.69) is 10.6 Å². The number of amides is 3. The van der Waals surface area contributed by atoms with Crippen LogP contribution in [0.15, 0.2) is 59.8 Å². The monoisotopic (exact) mass is 379 g/mol. The molecule has 0 unspecified atom stereocenters. The standard InChI is InChI=1S/C21H21N3O4/c1-27-15-7-3-13(4-8-15)11-24-12-17-18(20(24)25)19(23-21(26)22-17)14-5-9-16(28-2)10-6-14/h3-10,19H,11-12H2,1-2H3,(H2,22,23,26)/t19-/m1/s1. The molecule has 7 heteroatoms. The van der Waals surface area contributed by atoms with Crippen molar-refractivity contribution in [3.8, 4) is 11.5 Å².